The summed E-state index contributed by atoms with van der Waals surface area (Å²) < 4.78 is 0. The molecule has 0 aromatic heterocycles. The Labute approximate surface area is 69.3 Å². The Morgan fingerprint density at radius 2 is 2.27 bits per heavy atom. The van der Waals surface area contributed by atoms with E-state index >= 15 is 0 Å². The number of aliphatic hydroxyl groups is 2. The third kappa shape index (κ3) is 6.11. The maximum Gasteiger partial charge on any atom is 0.351 e. The fourth-order valence-electron chi connectivity index (χ4n) is 0.257. The molecule has 2 N–H and O–H groups in total. The van der Waals surface area contributed by atoms with Gasteiger partial charge < -0.3 is 10.2 Å². The van der Waals surface area contributed by atoms with Crippen molar-refractivity contribution in [3.63, 3.8) is 0 Å². The summed E-state index contributed by atoms with van der Waals surface area (Å²) in [5.74, 6) is -0.728. The van der Waals surface area contributed by atoms with Crippen LogP contribution >= 0.6 is 12.6 Å². The summed E-state index contributed by atoms with van der Waals surface area (Å²) in [4.78, 5) is 18.6. The van der Waals surface area contributed by atoms with E-state index in [9.17, 15) is 4.79 Å². The van der Waals surface area contributed by atoms with Crippen molar-refractivity contribution in [3.05, 3.63) is 0 Å². The van der Waals surface area contributed by atoms with E-state index in [1.54, 1.807) is 0 Å². The molecule has 5 nitrogen and oxygen atoms in total. The first-order valence-electron chi connectivity index (χ1n) is 2.92. The van der Waals surface area contributed by atoms with Crippen LogP contribution in [0.15, 0.2) is 0 Å². The Bertz CT molecular complexity index is 117. The summed E-state index contributed by atoms with van der Waals surface area (Å²) >= 11 is 3.60. The highest BCUT2D eigenvalue weighted by Gasteiger charge is 2.04. The van der Waals surface area contributed by atoms with Crippen molar-refractivity contribution in [1.29, 1.82) is 0 Å². The molecule has 0 saturated carbocycles. The first-order chi connectivity index (χ1) is 5.20. The third-order valence-electron chi connectivity index (χ3n) is 0.752. The van der Waals surface area contributed by atoms with Crippen LogP contribution in [0.3, 0.4) is 0 Å². The number of thiol groups is 1. The van der Waals surface area contributed by atoms with Gasteiger partial charge in [0, 0.05) is 0 Å². The highest BCUT2D eigenvalue weighted by Crippen LogP contribution is 1.87. The minimum Gasteiger partial charge on any atom is -0.394 e. The van der Waals surface area contributed by atoms with Crippen LogP contribution in [0.25, 0.3) is 0 Å². The van der Waals surface area contributed by atoms with Crippen molar-refractivity contribution in [1.82, 2.24) is 0 Å². The molecule has 0 rings (SSSR count). The normalized spacial score (nSPS) is 12.6. The van der Waals surface area contributed by atoms with Gasteiger partial charge in [-0.2, -0.15) is 17.5 Å². The minimum atomic E-state index is -1.03. The Balaban J connectivity index is 3.20. The van der Waals surface area contributed by atoms with Gasteiger partial charge in [-0.3, -0.25) is 4.89 Å². The maximum absolute atomic E-state index is 10.3. The molecule has 0 spiro atoms. The highest BCUT2D eigenvalue weighted by molar-refractivity contribution is 7.81. The summed E-state index contributed by atoms with van der Waals surface area (Å²) in [6.45, 7) is -0.672. The van der Waals surface area contributed by atoms with Crippen molar-refractivity contribution < 1.29 is 24.8 Å². The largest absolute Gasteiger partial charge is 0.394 e. The van der Waals surface area contributed by atoms with Gasteiger partial charge in [-0.25, -0.2) is 4.79 Å². The van der Waals surface area contributed by atoms with Gasteiger partial charge >= 0.3 is 5.97 Å². The van der Waals surface area contributed by atoms with Crippen molar-refractivity contribution >= 4 is 18.6 Å². The predicted octanol–water partition coefficient (Wildman–Crippen LogP) is -1.26. The molecule has 0 aliphatic rings. The smallest absolute Gasteiger partial charge is 0.351 e. The lowest BCUT2D eigenvalue weighted by atomic mass is 10.4. The number of rotatable bonds is 5. The molecule has 0 bridgehead atoms. The molecule has 0 heterocycles. The lowest BCUT2D eigenvalue weighted by molar-refractivity contribution is -0.280. The van der Waals surface area contributed by atoms with Gasteiger partial charge in [0.1, 0.15) is 12.7 Å². The molecule has 0 aliphatic heterocycles. The molecule has 0 aromatic rings. The van der Waals surface area contributed by atoms with Crippen molar-refractivity contribution in [3.8, 4) is 0 Å². The number of aliphatic hydroxyl groups excluding tert-OH is 2. The Kier molecular flexibility index (Phi) is 6.24. The topological polar surface area (TPSA) is 76.0 Å². The van der Waals surface area contributed by atoms with E-state index in [0.29, 0.717) is 0 Å². The Hall–Kier alpha value is -0.300. The number of carbonyl (C=O) groups is 1. The lowest BCUT2D eigenvalue weighted by Gasteiger charge is -2.05. The number of carbonyl (C=O) groups excluding carboxylic acids is 1. The van der Waals surface area contributed by atoms with Gasteiger partial charge in [-0.05, 0) is 0 Å². The molecule has 0 aliphatic carbocycles. The van der Waals surface area contributed by atoms with E-state index in [1.807, 2.05) is 0 Å². The average molecular weight is 182 g/mol. The minimum absolute atomic E-state index is 0.0881. The van der Waals surface area contributed by atoms with E-state index < -0.39 is 18.7 Å². The second-order valence-corrected chi connectivity index (χ2v) is 2.05. The Morgan fingerprint density at radius 1 is 1.64 bits per heavy atom. The molecular formula is C5H10O5S. The SMILES string of the molecule is O=C(CS)OOCC(O)CO. The van der Waals surface area contributed by atoms with E-state index in [-0.39, 0.29) is 12.4 Å². The third-order valence-corrected chi connectivity index (χ3v) is 1.01. The van der Waals surface area contributed by atoms with Crippen LogP contribution in [0.2, 0.25) is 0 Å². The van der Waals surface area contributed by atoms with Gasteiger partial charge in [0.2, 0.25) is 0 Å². The van der Waals surface area contributed by atoms with Crippen molar-refractivity contribution in [2.75, 3.05) is 19.0 Å². The average Bonchev–Trinajstić information content (AvgIpc) is 2.04. The monoisotopic (exact) mass is 182 g/mol. The van der Waals surface area contributed by atoms with Crippen LogP contribution in [0, 0.1) is 0 Å². The quantitative estimate of drug-likeness (QED) is 0.281. The van der Waals surface area contributed by atoms with E-state index in [1.165, 1.54) is 0 Å². The molecule has 0 radical (unpaired) electrons. The van der Waals surface area contributed by atoms with Crippen LogP contribution < -0.4 is 0 Å². The van der Waals surface area contributed by atoms with Crippen LogP contribution in [-0.2, 0) is 14.6 Å². The molecule has 6 heteroatoms. The first-order valence-corrected chi connectivity index (χ1v) is 3.56. The lowest BCUT2D eigenvalue weighted by Crippen LogP contribution is -2.21. The predicted molar refractivity (Wildman–Crippen MR) is 39.0 cm³/mol. The van der Waals surface area contributed by atoms with E-state index in [2.05, 4.69) is 22.4 Å². The molecule has 1 atom stereocenters. The zero-order chi connectivity index (χ0) is 8.69. The van der Waals surface area contributed by atoms with Crippen LogP contribution in [0.5, 0.6) is 0 Å². The van der Waals surface area contributed by atoms with Crippen LogP contribution in [0.4, 0.5) is 0 Å². The maximum atomic E-state index is 10.3. The fraction of sp³-hybridized carbons (Fsp3) is 0.800. The molecule has 66 valence electrons. The van der Waals surface area contributed by atoms with Gasteiger partial charge in [0.15, 0.2) is 0 Å². The van der Waals surface area contributed by atoms with Gasteiger partial charge in [-0.1, -0.05) is 0 Å². The fourth-order valence-corrected chi connectivity index (χ4v) is 0.310. The summed E-state index contributed by atoms with van der Waals surface area (Å²) in [5.41, 5.74) is 0. The second-order valence-electron chi connectivity index (χ2n) is 1.73. The number of hydrogen-bond donors (Lipinski definition) is 3. The van der Waals surface area contributed by atoms with Crippen LogP contribution in [-0.4, -0.2) is 41.3 Å². The summed E-state index contributed by atoms with van der Waals surface area (Å²) in [6.07, 6.45) is -1.03. The van der Waals surface area contributed by atoms with Crippen LogP contribution in [0.1, 0.15) is 0 Å². The molecule has 1 unspecified atom stereocenters. The molecular weight excluding hydrogens is 172 g/mol. The zero-order valence-corrected chi connectivity index (χ0v) is 6.66. The second kappa shape index (κ2) is 6.41. The molecule has 11 heavy (non-hydrogen) atoms. The molecule has 0 saturated heterocycles. The standard InChI is InChI=1S/C5H10O5S/c6-1-4(7)2-9-10-5(8)3-11/h4,6-7,11H,1-3H2. The zero-order valence-electron chi connectivity index (χ0n) is 5.77. The summed E-state index contributed by atoms with van der Waals surface area (Å²) in [7, 11) is 0. The highest BCUT2D eigenvalue weighted by atomic mass is 32.1. The summed E-state index contributed by atoms with van der Waals surface area (Å²) in [6, 6.07) is 0. The molecule has 0 aromatic carbocycles. The van der Waals surface area contributed by atoms with Gasteiger partial charge in [-0.15, -0.1) is 0 Å². The van der Waals surface area contributed by atoms with E-state index in [4.69, 9.17) is 10.2 Å². The molecule has 0 amide bonds. The van der Waals surface area contributed by atoms with Gasteiger partial charge in [0.05, 0.1) is 12.4 Å². The Morgan fingerprint density at radius 3 is 2.73 bits per heavy atom. The van der Waals surface area contributed by atoms with Crippen molar-refractivity contribution in [2.45, 2.75) is 6.10 Å². The molecule has 0 fully saturated rings. The first kappa shape index (κ1) is 10.7. The van der Waals surface area contributed by atoms with Gasteiger partial charge in [0.25, 0.3) is 0 Å². The van der Waals surface area contributed by atoms with Crippen molar-refractivity contribution in [2.24, 2.45) is 0 Å². The van der Waals surface area contributed by atoms with E-state index in [0.717, 1.165) is 0 Å². The summed E-state index contributed by atoms with van der Waals surface area (Å²) in [5, 5.41) is 16.9. The number of hydrogen-bond acceptors (Lipinski definition) is 6.